The Kier molecular flexibility index (Phi) is 5.16. The van der Waals surface area contributed by atoms with Gasteiger partial charge >= 0.3 is 0 Å². The first-order valence-corrected chi connectivity index (χ1v) is 7.91. The summed E-state index contributed by atoms with van der Waals surface area (Å²) in [6, 6.07) is 7.79. The predicted octanol–water partition coefficient (Wildman–Crippen LogP) is 3.33. The molecule has 1 saturated heterocycles. The fourth-order valence-corrected chi connectivity index (χ4v) is 2.81. The van der Waals surface area contributed by atoms with Gasteiger partial charge in [0.2, 0.25) is 5.91 Å². The Morgan fingerprint density at radius 2 is 1.95 bits per heavy atom. The van der Waals surface area contributed by atoms with Crippen LogP contribution in [0.2, 0.25) is 0 Å². The molecule has 1 aromatic rings. The van der Waals surface area contributed by atoms with Crippen molar-refractivity contribution in [3.05, 3.63) is 35.4 Å². The highest BCUT2D eigenvalue weighted by Gasteiger charge is 2.32. The normalized spacial score (nSPS) is 18.6. The van der Waals surface area contributed by atoms with Gasteiger partial charge in [0.25, 0.3) is 0 Å². The predicted molar refractivity (Wildman–Crippen MR) is 84.3 cm³/mol. The van der Waals surface area contributed by atoms with E-state index in [1.165, 1.54) is 5.56 Å². The van der Waals surface area contributed by atoms with E-state index in [0.717, 1.165) is 19.4 Å². The number of benzene rings is 1. The molecular formula is C18H25NO2. The van der Waals surface area contributed by atoms with Gasteiger partial charge in [0.05, 0.1) is 6.54 Å². The molecule has 1 fully saturated rings. The van der Waals surface area contributed by atoms with Crippen LogP contribution in [0.3, 0.4) is 0 Å². The van der Waals surface area contributed by atoms with E-state index in [9.17, 15) is 9.59 Å². The van der Waals surface area contributed by atoms with Gasteiger partial charge in [0, 0.05) is 18.5 Å². The van der Waals surface area contributed by atoms with E-state index in [1.807, 2.05) is 24.3 Å². The number of carbonyl (C=O) groups is 2. The number of ketones is 1. The lowest BCUT2D eigenvalue weighted by atomic mass is 9.95. The van der Waals surface area contributed by atoms with E-state index in [2.05, 4.69) is 20.8 Å². The zero-order valence-electron chi connectivity index (χ0n) is 13.3. The molecule has 2 rings (SSSR count). The third-order valence-electron chi connectivity index (χ3n) is 4.34. The summed E-state index contributed by atoms with van der Waals surface area (Å²) in [5.41, 5.74) is 1.96. The number of amides is 1. The second kappa shape index (κ2) is 6.88. The molecule has 3 nitrogen and oxygen atoms in total. The van der Waals surface area contributed by atoms with Crippen molar-refractivity contribution >= 4 is 11.7 Å². The third kappa shape index (κ3) is 3.93. The number of likely N-dealkylation sites (tertiary alicyclic amines) is 1. The highest BCUT2D eigenvalue weighted by molar-refractivity contribution is 5.99. The van der Waals surface area contributed by atoms with Crippen molar-refractivity contribution in [2.45, 2.75) is 40.0 Å². The highest BCUT2D eigenvalue weighted by atomic mass is 16.2. The number of hydrogen-bond donors (Lipinski definition) is 0. The quantitative estimate of drug-likeness (QED) is 0.753. The van der Waals surface area contributed by atoms with E-state index >= 15 is 0 Å². The summed E-state index contributed by atoms with van der Waals surface area (Å²) in [6.45, 7) is 7.35. The van der Waals surface area contributed by atoms with Crippen LogP contribution in [0, 0.1) is 11.8 Å². The van der Waals surface area contributed by atoms with Gasteiger partial charge in [-0.15, -0.1) is 0 Å². The van der Waals surface area contributed by atoms with Crippen LogP contribution in [0.15, 0.2) is 24.3 Å². The number of carbonyl (C=O) groups excluding carboxylic acids is 2. The lowest BCUT2D eigenvalue weighted by Crippen LogP contribution is -2.31. The van der Waals surface area contributed by atoms with Gasteiger partial charge in [0.1, 0.15) is 0 Å². The minimum Gasteiger partial charge on any atom is -0.335 e. The summed E-state index contributed by atoms with van der Waals surface area (Å²) in [5, 5.41) is 0. The van der Waals surface area contributed by atoms with E-state index < -0.39 is 0 Å². The van der Waals surface area contributed by atoms with E-state index in [4.69, 9.17) is 0 Å². The summed E-state index contributed by atoms with van der Waals surface area (Å²) in [6.07, 6.45) is 2.72. The SMILES string of the molecule is CCCc1ccc(C(=O)CN2CC(C(C)C)CC2=O)cc1. The van der Waals surface area contributed by atoms with E-state index in [1.54, 1.807) is 4.90 Å². The van der Waals surface area contributed by atoms with Gasteiger partial charge in [-0.1, -0.05) is 51.5 Å². The van der Waals surface area contributed by atoms with Crippen LogP contribution in [0.4, 0.5) is 0 Å². The van der Waals surface area contributed by atoms with E-state index in [-0.39, 0.29) is 18.2 Å². The first-order chi connectivity index (χ1) is 10.0. The molecule has 0 saturated carbocycles. The van der Waals surface area contributed by atoms with Crippen LogP contribution in [-0.4, -0.2) is 29.7 Å². The Labute approximate surface area is 127 Å². The van der Waals surface area contributed by atoms with Gasteiger partial charge in [-0.05, 0) is 23.8 Å². The van der Waals surface area contributed by atoms with Crippen molar-refractivity contribution in [3.8, 4) is 0 Å². The molecular weight excluding hydrogens is 262 g/mol. The molecule has 1 aliphatic rings. The van der Waals surface area contributed by atoms with E-state index in [0.29, 0.717) is 23.8 Å². The molecule has 1 aromatic carbocycles. The maximum Gasteiger partial charge on any atom is 0.223 e. The first-order valence-electron chi connectivity index (χ1n) is 7.91. The zero-order chi connectivity index (χ0) is 15.4. The monoisotopic (exact) mass is 287 g/mol. The van der Waals surface area contributed by atoms with Crippen LogP contribution >= 0.6 is 0 Å². The van der Waals surface area contributed by atoms with Crippen molar-refractivity contribution in [2.75, 3.05) is 13.1 Å². The lowest BCUT2D eigenvalue weighted by Gasteiger charge is -2.17. The second-order valence-electron chi connectivity index (χ2n) is 6.35. The molecule has 0 radical (unpaired) electrons. The number of hydrogen-bond acceptors (Lipinski definition) is 2. The maximum absolute atomic E-state index is 12.3. The number of aryl methyl sites for hydroxylation is 1. The molecule has 1 atom stereocenters. The third-order valence-corrected chi connectivity index (χ3v) is 4.34. The first kappa shape index (κ1) is 15.7. The maximum atomic E-state index is 12.3. The van der Waals surface area contributed by atoms with Crippen LogP contribution in [0.5, 0.6) is 0 Å². The minimum atomic E-state index is 0.0378. The summed E-state index contributed by atoms with van der Waals surface area (Å²) >= 11 is 0. The van der Waals surface area contributed by atoms with Crippen molar-refractivity contribution in [2.24, 2.45) is 11.8 Å². The summed E-state index contributed by atoms with van der Waals surface area (Å²) in [4.78, 5) is 26.0. The van der Waals surface area contributed by atoms with Crippen molar-refractivity contribution < 1.29 is 9.59 Å². The molecule has 1 amide bonds. The van der Waals surface area contributed by atoms with Gasteiger partial charge in [-0.3, -0.25) is 9.59 Å². The summed E-state index contributed by atoms with van der Waals surface area (Å²) < 4.78 is 0. The largest absolute Gasteiger partial charge is 0.335 e. The smallest absolute Gasteiger partial charge is 0.223 e. The average molecular weight is 287 g/mol. The molecule has 114 valence electrons. The molecule has 1 heterocycles. The second-order valence-corrected chi connectivity index (χ2v) is 6.35. The highest BCUT2D eigenvalue weighted by Crippen LogP contribution is 2.24. The molecule has 3 heteroatoms. The fourth-order valence-electron chi connectivity index (χ4n) is 2.81. The number of nitrogens with zero attached hydrogens (tertiary/aromatic N) is 1. The molecule has 1 unspecified atom stereocenters. The number of Topliss-reactive ketones (excluding diaryl/α,β-unsaturated/α-hetero) is 1. The van der Waals surface area contributed by atoms with Gasteiger partial charge in [-0.2, -0.15) is 0 Å². The fraction of sp³-hybridized carbons (Fsp3) is 0.556. The Morgan fingerprint density at radius 3 is 2.48 bits per heavy atom. The van der Waals surface area contributed by atoms with Crippen LogP contribution in [-0.2, 0) is 11.2 Å². The van der Waals surface area contributed by atoms with Crippen LogP contribution in [0.1, 0.15) is 49.5 Å². The molecule has 0 bridgehead atoms. The van der Waals surface area contributed by atoms with Crippen LogP contribution < -0.4 is 0 Å². The molecule has 1 aliphatic heterocycles. The molecule has 0 N–H and O–H groups in total. The number of rotatable bonds is 6. The van der Waals surface area contributed by atoms with Crippen molar-refractivity contribution in [1.82, 2.24) is 4.90 Å². The standard InChI is InChI=1S/C18H25NO2/c1-4-5-14-6-8-15(9-7-14)17(20)12-19-11-16(13(2)3)10-18(19)21/h6-9,13,16H,4-5,10-12H2,1-3H3. The topological polar surface area (TPSA) is 37.4 Å². The Bertz CT molecular complexity index is 504. The summed E-state index contributed by atoms with van der Waals surface area (Å²) in [5.74, 6) is 1.03. The Hall–Kier alpha value is -1.64. The van der Waals surface area contributed by atoms with Crippen molar-refractivity contribution in [3.63, 3.8) is 0 Å². The Balaban J connectivity index is 1.96. The Morgan fingerprint density at radius 1 is 1.29 bits per heavy atom. The van der Waals surface area contributed by atoms with Gasteiger partial charge < -0.3 is 4.90 Å². The van der Waals surface area contributed by atoms with Gasteiger partial charge in [0.15, 0.2) is 5.78 Å². The van der Waals surface area contributed by atoms with Gasteiger partial charge in [-0.25, -0.2) is 0 Å². The molecule has 0 spiro atoms. The molecule has 0 aliphatic carbocycles. The minimum absolute atomic E-state index is 0.0378. The molecule has 0 aromatic heterocycles. The average Bonchev–Trinajstić information content (AvgIpc) is 2.81. The lowest BCUT2D eigenvalue weighted by molar-refractivity contribution is -0.127. The van der Waals surface area contributed by atoms with Crippen LogP contribution in [0.25, 0.3) is 0 Å². The summed E-state index contributed by atoms with van der Waals surface area (Å²) in [7, 11) is 0. The zero-order valence-corrected chi connectivity index (χ0v) is 13.3. The van der Waals surface area contributed by atoms with Crippen molar-refractivity contribution in [1.29, 1.82) is 0 Å². The molecule has 21 heavy (non-hydrogen) atoms.